The fourth-order valence-corrected chi connectivity index (χ4v) is 2.25. The summed E-state index contributed by atoms with van der Waals surface area (Å²) in [7, 11) is 1.33. The SMILES string of the molecule is COc1ccc(CC(=O)OCC(=O)c2ccc(C)c([N+](=O)[O-])c2)cc1F. The maximum Gasteiger partial charge on any atom is 0.310 e. The second kappa shape index (κ2) is 8.19. The van der Waals surface area contributed by atoms with Crippen LogP contribution in [0.25, 0.3) is 0 Å². The molecule has 0 radical (unpaired) electrons. The van der Waals surface area contributed by atoms with E-state index in [0.29, 0.717) is 11.1 Å². The smallest absolute Gasteiger partial charge is 0.310 e. The van der Waals surface area contributed by atoms with Crippen LogP contribution in [0.1, 0.15) is 21.5 Å². The zero-order valence-electron chi connectivity index (χ0n) is 14.2. The Kier molecular flexibility index (Phi) is 6.00. The van der Waals surface area contributed by atoms with Gasteiger partial charge in [0.1, 0.15) is 0 Å². The van der Waals surface area contributed by atoms with Crippen LogP contribution >= 0.6 is 0 Å². The normalized spacial score (nSPS) is 10.3. The fraction of sp³-hybridized carbons (Fsp3) is 0.222. The zero-order valence-corrected chi connectivity index (χ0v) is 14.2. The molecular formula is C18H16FNO6. The van der Waals surface area contributed by atoms with Crippen molar-refractivity contribution < 1.29 is 28.4 Å². The minimum atomic E-state index is -0.718. The van der Waals surface area contributed by atoms with Crippen molar-refractivity contribution in [2.24, 2.45) is 0 Å². The summed E-state index contributed by atoms with van der Waals surface area (Å²) in [4.78, 5) is 34.2. The Morgan fingerprint density at radius 2 is 1.92 bits per heavy atom. The number of esters is 1. The Morgan fingerprint density at radius 1 is 1.19 bits per heavy atom. The number of aryl methyl sites for hydroxylation is 1. The lowest BCUT2D eigenvalue weighted by molar-refractivity contribution is -0.385. The van der Waals surface area contributed by atoms with Crippen molar-refractivity contribution in [1.82, 2.24) is 0 Å². The fourth-order valence-electron chi connectivity index (χ4n) is 2.25. The largest absolute Gasteiger partial charge is 0.494 e. The van der Waals surface area contributed by atoms with Gasteiger partial charge in [-0.2, -0.15) is 0 Å². The number of rotatable bonds is 7. The van der Waals surface area contributed by atoms with Gasteiger partial charge in [0.15, 0.2) is 18.2 Å². The molecule has 26 heavy (non-hydrogen) atoms. The van der Waals surface area contributed by atoms with E-state index in [2.05, 4.69) is 0 Å². The standard InChI is InChI=1S/C18H16FNO6/c1-11-3-5-13(9-15(11)20(23)24)16(21)10-26-18(22)8-12-4-6-17(25-2)14(19)7-12/h3-7,9H,8,10H2,1-2H3. The molecule has 0 fully saturated rings. The average molecular weight is 361 g/mol. The predicted octanol–water partition coefficient (Wildman–Crippen LogP) is 3.02. The first-order valence-corrected chi connectivity index (χ1v) is 7.58. The van der Waals surface area contributed by atoms with Crippen LogP contribution in [0.5, 0.6) is 5.75 Å². The zero-order chi connectivity index (χ0) is 19.3. The Balaban J connectivity index is 1.97. The van der Waals surface area contributed by atoms with Gasteiger partial charge in [-0.15, -0.1) is 0 Å². The summed E-state index contributed by atoms with van der Waals surface area (Å²) < 4.78 is 23.2. The molecule has 2 aromatic carbocycles. The highest BCUT2D eigenvalue weighted by Gasteiger charge is 2.16. The molecule has 0 aliphatic rings. The van der Waals surface area contributed by atoms with Crippen molar-refractivity contribution in [3.8, 4) is 5.75 Å². The number of ketones is 1. The van der Waals surface area contributed by atoms with E-state index in [1.165, 1.54) is 31.4 Å². The summed E-state index contributed by atoms with van der Waals surface area (Å²) in [5.74, 6) is -1.84. The number of halogens is 1. The van der Waals surface area contributed by atoms with Crippen LogP contribution in [0.2, 0.25) is 0 Å². The van der Waals surface area contributed by atoms with E-state index < -0.39 is 29.1 Å². The second-order valence-corrected chi connectivity index (χ2v) is 5.49. The number of benzene rings is 2. The summed E-state index contributed by atoms with van der Waals surface area (Å²) >= 11 is 0. The van der Waals surface area contributed by atoms with Gasteiger partial charge in [0, 0.05) is 17.2 Å². The third-order valence-electron chi connectivity index (χ3n) is 3.66. The van der Waals surface area contributed by atoms with Crippen LogP contribution in [0.3, 0.4) is 0 Å². The molecule has 2 rings (SSSR count). The van der Waals surface area contributed by atoms with Crippen LogP contribution in [-0.2, 0) is 16.0 Å². The number of nitrogens with zero attached hydrogens (tertiary/aromatic N) is 1. The summed E-state index contributed by atoms with van der Waals surface area (Å²) in [6.45, 7) is 0.998. The van der Waals surface area contributed by atoms with Crippen LogP contribution in [-0.4, -0.2) is 30.4 Å². The van der Waals surface area contributed by atoms with Gasteiger partial charge >= 0.3 is 5.97 Å². The van der Waals surface area contributed by atoms with Gasteiger partial charge in [-0.3, -0.25) is 19.7 Å². The first kappa shape index (κ1) is 19.0. The van der Waals surface area contributed by atoms with Crippen LogP contribution in [0.15, 0.2) is 36.4 Å². The van der Waals surface area contributed by atoms with Crippen LogP contribution < -0.4 is 4.74 Å². The Labute approximate surface area is 148 Å². The molecule has 0 spiro atoms. The molecule has 8 heteroatoms. The van der Waals surface area contributed by atoms with Gasteiger partial charge in [-0.25, -0.2) is 4.39 Å². The van der Waals surface area contributed by atoms with Crippen molar-refractivity contribution in [1.29, 1.82) is 0 Å². The van der Waals surface area contributed by atoms with Gasteiger partial charge in [0.2, 0.25) is 5.78 Å². The number of Topliss-reactive ketones (excluding diaryl/α,β-unsaturated/α-hetero) is 1. The molecule has 0 saturated carbocycles. The molecule has 0 unspecified atom stereocenters. The summed E-state index contributed by atoms with van der Waals surface area (Å²) in [6.07, 6.45) is -0.220. The van der Waals surface area contributed by atoms with Crippen LogP contribution in [0, 0.1) is 22.9 Å². The molecule has 0 N–H and O–H groups in total. The van der Waals surface area contributed by atoms with E-state index in [1.807, 2.05) is 0 Å². The monoisotopic (exact) mass is 361 g/mol. The lowest BCUT2D eigenvalue weighted by atomic mass is 10.1. The van der Waals surface area contributed by atoms with Crippen molar-refractivity contribution >= 4 is 17.4 Å². The Morgan fingerprint density at radius 3 is 2.54 bits per heavy atom. The Hall–Kier alpha value is -3.29. The minimum absolute atomic E-state index is 0.0539. The van der Waals surface area contributed by atoms with E-state index in [1.54, 1.807) is 6.92 Å². The highest BCUT2D eigenvalue weighted by Crippen LogP contribution is 2.20. The highest BCUT2D eigenvalue weighted by atomic mass is 19.1. The number of nitro benzene ring substituents is 1. The molecule has 2 aromatic rings. The van der Waals surface area contributed by atoms with Crippen LogP contribution in [0.4, 0.5) is 10.1 Å². The van der Waals surface area contributed by atoms with Crippen molar-refractivity contribution in [3.63, 3.8) is 0 Å². The third kappa shape index (κ3) is 4.62. The molecule has 7 nitrogen and oxygen atoms in total. The molecular weight excluding hydrogens is 345 g/mol. The molecule has 0 heterocycles. The summed E-state index contributed by atoms with van der Waals surface area (Å²) in [6, 6.07) is 8.06. The molecule has 0 aromatic heterocycles. The minimum Gasteiger partial charge on any atom is -0.494 e. The van der Waals surface area contributed by atoms with Gasteiger partial charge in [-0.1, -0.05) is 18.2 Å². The third-order valence-corrected chi connectivity index (χ3v) is 3.66. The first-order valence-electron chi connectivity index (χ1n) is 7.58. The summed E-state index contributed by atoms with van der Waals surface area (Å²) in [5, 5.41) is 10.9. The lowest BCUT2D eigenvalue weighted by Crippen LogP contribution is -2.16. The van der Waals surface area contributed by atoms with E-state index in [0.717, 1.165) is 12.1 Å². The molecule has 0 saturated heterocycles. The van der Waals surface area contributed by atoms with Gasteiger partial charge in [-0.05, 0) is 24.6 Å². The number of hydrogen-bond acceptors (Lipinski definition) is 6. The number of ether oxygens (including phenoxy) is 2. The van der Waals surface area contributed by atoms with E-state index in [-0.39, 0.29) is 23.4 Å². The second-order valence-electron chi connectivity index (χ2n) is 5.49. The van der Waals surface area contributed by atoms with E-state index in [4.69, 9.17) is 9.47 Å². The molecule has 0 atom stereocenters. The lowest BCUT2D eigenvalue weighted by Gasteiger charge is -2.07. The topological polar surface area (TPSA) is 95.7 Å². The quantitative estimate of drug-likeness (QED) is 0.326. The van der Waals surface area contributed by atoms with E-state index in [9.17, 15) is 24.1 Å². The Bertz CT molecular complexity index is 865. The highest BCUT2D eigenvalue weighted by molar-refractivity contribution is 5.98. The molecule has 0 bridgehead atoms. The van der Waals surface area contributed by atoms with Crippen molar-refractivity contribution in [3.05, 3.63) is 69.0 Å². The number of hydrogen-bond donors (Lipinski definition) is 0. The van der Waals surface area contributed by atoms with E-state index >= 15 is 0 Å². The number of carbonyl (C=O) groups excluding carboxylic acids is 2. The van der Waals surface area contributed by atoms with Crippen molar-refractivity contribution in [2.75, 3.05) is 13.7 Å². The molecule has 0 amide bonds. The predicted molar refractivity (Wildman–Crippen MR) is 89.8 cm³/mol. The molecule has 136 valence electrons. The molecule has 0 aliphatic heterocycles. The maximum atomic E-state index is 13.6. The van der Waals surface area contributed by atoms with Crippen molar-refractivity contribution in [2.45, 2.75) is 13.3 Å². The number of nitro groups is 1. The average Bonchev–Trinajstić information content (AvgIpc) is 2.60. The van der Waals surface area contributed by atoms with Gasteiger partial charge in [0.25, 0.3) is 5.69 Å². The molecule has 0 aliphatic carbocycles. The summed E-state index contributed by atoms with van der Waals surface area (Å²) in [5.41, 5.74) is 0.679. The maximum absolute atomic E-state index is 13.6. The first-order chi connectivity index (χ1) is 12.3. The number of methoxy groups -OCH3 is 1. The van der Waals surface area contributed by atoms with Gasteiger partial charge < -0.3 is 9.47 Å². The van der Waals surface area contributed by atoms with Gasteiger partial charge in [0.05, 0.1) is 18.5 Å². The number of carbonyl (C=O) groups is 2.